The summed E-state index contributed by atoms with van der Waals surface area (Å²) in [6.07, 6.45) is -7.66. The number of hydrogen-bond donors (Lipinski definition) is 1. The number of sulfonamides is 1. The van der Waals surface area contributed by atoms with Crippen LogP contribution >= 0.6 is 0 Å². The predicted molar refractivity (Wildman–Crippen MR) is 88.2 cm³/mol. The minimum absolute atomic E-state index is 0. The van der Waals surface area contributed by atoms with Gasteiger partial charge in [0.2, 0.25) is 0 Å². The van der Waals surface area contributed by atoms with Gasteiger partial charge in [0.25, 0.3) is 20.1 Å². The molecule has 0 heterocycles. The van der Waals surface area contributed by atoms with Gasteiger partial charge in [-0.3, -0.25) is 0 Å². The first-order chi connectivity index (χ1) is 14.8. The molecule has 1 aromatic carbocycles. The van der Waals surface area contributed by atoms with Crippen molar-refractivity contribution in [2.45, 2.75) is 40.0 Å². The van der Waals surface area contributed by atoms with Crippen LogP contribution in [0.4, 0.5) is 57.1 Å². The molecule has 1 aromatic rings. The molecule has 0 atom stereocenters. The van der Waals surface area contributed by atoms with Crippen molar-refractivity contribution in [2.75, 3.05) is 6.73 Å². The van der Waals surface area contributed by atoms with Crippen molar-refractivity contribution in [3.05, 3.63) is 30.3 Å². The molecule has 0 aliphatic carbocycles. The van der Waals surface area contributed by atoms with E-state index in [0.717, 1.165) is 24.3 Å². The topological polar surface area (TPSA) is 89.5 Å². The molecule has 0 aromatic heterocycles. The fourth-order valence-electron chi connectivity index (χ4n) is 1.85. The summed E-state index contributed by atoms with van der Waals surface area (Å²) in [5.74, 6) is -32.8. The van der Waals surface area contributed by atoms with Crippen LogP contribution in [0.5, 0.6) is 0 Å². The summed E-state index contributed by atoms with van der Waals surface area (Å²) in [7, 11) is -12.4. The molecule has 0 unspecified atom stereocenters. The van der Waals surface area contributed by atoms with Crippen molar-refractivity contribution in [1.82, 2.24) is 4.72 Å². The fraction of sp³-hybridized carbons (Fsp3) is 0.538. The Morgan fingerprint density at radius 1 is 0.657 bits per heavy atom. The monoisotopic (exact) mass is 592 g/mol. The van der Waals surface area contributed by atoms with Gasteiger partial charge in [-0.15, -0.1) is 0 Å². The molecule has 6 nitrogen and oxygen atoms in total. The summed E-state index contributed by atoms with van der Waals surface area (Å²) in [6.45, 7) is -2.24. The Hall–Kier alpha value is -0.870. The third-order valence-corrected chi connectivity index (χ3v) is 6.44. The third kappa shape index (κ3) is 5.69. The van der Waals surface area contributed by atoms with E-state index in [4.69, 9.17) is 0 Å². The van der Waals surface area contributed by atoms with E-state index in [0.29, 0.717) is 0 Å². The zero-order valence-electron chi connectivity index (χ0n) is 16.4. The van der Waals surface area contributed by atoms with Crippen LogP contribution in [-0.4, -0.2) is 88.2 Å². The van der Waals surface area contributed by atoms with Gasteiger partial charge in [-0.2, -0.15) is 70.2 Å². The number of nitrogens with one attached hydrogen (secondary N) is 1. The molecule has 199 valence electrons. The zero-order chi connectivity index (χ0) is 27.2. The molecule has 0 aliphatic rings. The maximum atomic E-state index is 13.7. The predicted octanol–water partition coefficient (Wildman–Crippen LogP) is 3.58. The average Bonchev–Trinajstić information content (AvgIpc) is 2.66. The maximum absolute atomic E-state index is 13.7. The molecule has 1 rings (SSSR count). The van der Waals surface area contributed by atoms with Crippen LogP contribution in [0.15, 0.2) is 35.2 Å². The van der Waals surface area contributed by atoms with Gasteiger partial charge in [0, 0.05) is 29.6 Å². The van der Waals surface area contributed by atoms with Gasteiger partial charge in [0.05, 0.1) is 4.90 Å². The minimum Gasteiger partial charge on any atom is -0.250 e. The summed E-state index contributed by atoms with van der Waals surface area (Å²) in [5, 5.41) is -7.52. The van der Waals surface area contributed by atoms with Crippen LogP contribution < -0.4 is 4.72 Å². The quantitative estimate of drug-likeness (QED) is 0.194. The van der Waals surface area contributed by atoms with Crippen LogP contribution in [-0.2, 0) is 24.3 Å². The molecule has 0 aliphatic heterocycles. The molecule has 0 saturated heterocycles. The van der Waals surface area contributed by atoms with Crippen molar-refractivity contribution >= 4 is 49.7 Å². The van der Waals surface area contributed by atoms with Crippen LogP contribution in [0.25, 0.3) is 0 Å². The normalized spacial score (nSPS) is 15.0. The number of alkyl halides is 13. The fourth-order valence-corrected chi connectivity index (χ4v) is 3.63. The van der Waals surface area contributed by atoms with Gasteiger partial charge in [-0.25, -0.2) is 12.6 Å². The van der Waals surface area contributed by atoms with E-state index >= 15 is 0 Å². The summed E-state index contributed by atoms with van der Waals surface area (Å²) in [4.78, 5) is -0.771. The molecule has 35 heavy (non-hydrogen) atoms. The molecular formula is C13H8F13NNaO5S2. The SMILES string of the molecule is O=S(=O)(OCNS(=O)(=O)C(F)(F)C(F)(F)C(F)(F)C(F)(F)C(F)(F)C(F)(F)F)c1ccccc1.[Na]. The largest absolute Gasteiger partial charge is 0.460 e. The summed E-state index contributed by atoms with van der Waals surface area (Å²) in [6, 6.07) is 4.96. The number of halogens is 13. The molecule has 0 saturated carbocycles. The molecule has 0 amide bonds. The Kier molecular flexibility index (Phi) is 9.87. The number of rotatable bonds is 10. The Morgan fingerprint density at radius 2 is 1.06 bits per heavy atom. The Labute approximate surface area is 209 Å². The molecule has 1 radical (unpaired) electrons. The Balaban J connectivity index is 0.0000116. The van der Waals surface area contributed by atoms with Crippen LogP contribution in [0.1, 0.15) is 0 Å². The van der Waals surface area contributed by atoms with Gasteiger partial charge in [0.15, 0.2) is 0 Å². The molecule has 0 bridgehead atoms. The first kappa shape index (κ1) is 34.1. The van der Waals surface area contributed by atoms with Gasteiger partial charge in [-0.05, 0) is 12.1 Å². The van der Waals surface area contributed by atoms with Crippen molar-refractivity contribution < 1.29 is 78.1 Å². The molecule has 0 fully saturated rings. The first-order valence-electron chi connectivity index (χ1n) is 7.71. The minimum atomic E-state index is -8.34. The molecule has 22 heteroatoms. The summed E-state index contributed by atoms with van der Waals surface area (Å²) in [5.41, 5.74) is 0. The van der Waals surface area contributed by atoms with E-state index < -0.39 is 66.9 Å². The second-order valence-electron chi connectivity index (χ2n) is 5.99. The Bertz CT molecular complexity index is 1090. The molecule has 0 spiro atoms. The van der Waals surface area contributed by atoms with Crippen molar-refractivity contribution in [3.63, 3.8) is 0 Å². The standard InChI is InChI=1S/C13H8F13NO5S2.Na/c14-8(15,10(18,19)12(22,23)24)9(16,17)11(20,21)13(25,26)34(30,31)27-6-32-33(28,29)7-4-2-1-3-5-7;/h1-5,27H,6H2;. The van der Waals surface area contributed by atoms with Gasteiger partial charge in [0.1, 0.15) is 6.73 Å². The zero-order valence-corrected chi connectivity index (χ0v) is 20.0. The van der Waals surface area contributed by atoms with Gasteiger partial charge in [-0.1, -0.05) is 18.2 Å². The summed E-state index contributed by atoms with van der Waals surface area (Å²) >= 11 is 0. The van der Waals surface area contributed by atoms with E-state index in [1.807, 2.05) is 0 Å². The van der Waals surface area contributed by atoms with Crippen LogP contribution in [0.2, 0.25) is 0 Å². The molecule has 1 N–H and O–H groups in total. The van der Waals surface area contributed by atoms with Crippen LogP contribution in [0, 0.1) is 0 Å². The first-order valence-corrected chi connectivity index (χ1v) is 10.6. The van der Waals surface area contributed by atoms with Crippen molar-refractivity contribution in [2.24, 2.45) is 0 Å². The van der Waals surface area contributed by atoms with E-state index in [1.54, 1.807) is 0 Å². The molecular weight excluding hydrogens is 584 g/mol. The second kappa shape index (κ2) is 10.1. The van der Waals surface area contributed by atoms with E-state index in [1.165, 1.54) is 6.07 Å². The van der Waals surface area contributed by atoms with Gasteiger partial charge >= 0.3 is 35.1 Å². The second-order valence-corrected chi connectivity index (χ2v) is 9.41. The van der Waals surface area contributed by atoms with E-state index in [9.17, 15) is 73.9 Å². The van der Waals surface area contributed by atoms with Crippen LogP contribution in [0.3, 0.4) is 0 Å². The smallest absolute Gasteiger partial charge is 0.250 e. The third-order valence-electron chi connectivity index (χ3n) is 3.74. The average molecular weight is 592 g/mol. The van der Waals surface area contributed by atoms with Gasteiger partial charge < -0.3 is 0 Å². The number of benzene rings is 1. The maximum Gasteiger partial charge on any atom is 0.460 e. The Morgan fingerprint density at radius 3 is 1.46 bits per heavy atom. The summed E-state index contributed by atoms with van der Waals surface area (Å²) < 4.78 is 219. The van der Waals surface area contributed by atoms with E-state index in [2.05, 4.69) is 4.18 Å². The number of hydrogen-bond acceptors (Lipinski definition) is 5. The van der Waals surface area contributed by atoms with E-state index in [-0.39, 0.29) is 34.3 Å². The van der Waals surface area contributed by atoms with Crippen molar-refractivity contribution in [3.8, 4) is 0 Å². The van der Waals surface area contributed by atoms with Crippen molar-refractivity contribution in [1.29, 1.82) is 0 Å².